The van der Waals surface area contributed by atoms with Gasteiger partial charge >= 0.3 is 0 Å². The van der Waals surface area contributed by atoms with Gasteiger partial charge in [-0.3, -0.25) is 0 Å². The maximum atomic E-state index is 14.2. The first-order valence-electron chi connectivity index (χ1n) is 9.99. The van der Waals surface area contributed by atoms with Gasteiger partial charge in [0, 0.05) is 23.1 Å². The Morgan fingerprint density at radius 1 is 0.967 bits per heavy atom. The Bertz CT molecular complexity index is 1120. The molecule has 1 atom stereocenters. The largest absolute Gasteiger partial charge is 0.384 e. The summed E-state index contributed by atoms with van der Waals surface area (Å²) in [7, 11) is 0. The molecule has 0 fully saturated rings. The minimum absolute atomic E-state index is 0.259. The first kappa shape index (κ1) is 20.0. The van der Waals surface area contributed by atoms with Crippen LogP contribution in [0.5, 0.6) is 0 Å². The van der Waals surface area contributed by atoms with E-state index in [0.29, 0.717) is 36.1 Å². The van der Waals surface area contributed by atoms with E-state index in [9.17, 15) is 8.78 Å². The van der Waals surface area contributed by atoms with Crippen LogP contribution in [0.4, 0.5) is 8.78 Å². The number of aryl methyl sites for hydroxylation is 1. The van der Waals surface area contributed by atoms with Crippen molar-refractivity contribution in [1.82, 2.24) is 0 Å². The lowest BCUT2D eigenvalue weighted by Crippen LogP contribution is -2.24. The standard InChI is InChI=1S/C26H23F2NO/c1-18(20-10-4-7-13-23(20)27)15-16-19-9-3-6-12-22(19)26(2)17-25(29-30-26)21-11-5-8-14-24(21)28/h3-14H,1,15-17H2,2H3. The third-order valence-corrected chi connectivity index (χ3v) is 5.58. The zero-order valence-electron chi connectivity index (χ0n) is 16.9. The first-order chi connectivity index (χ1) is 14.5. The van der Waals surface area contributed by atoms with E-state index in [0.717, 1.165) is 16.7 Å². The second kappa shape index (κ2) is 8.23. The molecule has 0 bridgehead atoms. The summed E-state index contributed by atoms with van der Waals surface area (Å²) in [6.07, 6.45) is 1.78. The summed E-state index contributed by atoms with van der Waals surface area (Å²) in [6.45, 7) is 6.04. The molecule has 1 aliphatic rings. The van der Waals surface area contributed by atoms with Crippen molar-refractivity contribution in [2.75, 3.05) is 0 Å². The first-order valence-corrected chi connectivity index (χ1v) is 9.99. The molecule has 4 heteroatoms. The summed E-state index contributed by atoms with van der Waals surface area (Å²) in [6, 6.07) is 21.3. The Balaban J connectivity index is 1.53. The van der Waals surface area contributed by atoms with E-state index in [1.54, 1.807) is 30.3 Å². The Labute approximate surface area is 175 Å². The number of hydrogen-bond acceptors (Lipinski definition) is 2. The van der Waals surface area contributed by atoms with Gasteiger partial charge in [-0.05, 0) is 43.0 Å². The van der Waals surface area contributed by atoms with Gasteiger partial charge in [-0.2, -0.15) is 0 Å². The summed E-state index contributed by atoms with van der Waals surface area (Å²) in [4.78, 5) is 5.84. The van der Waals surface area contributed by atoms with Gasteiger partial charge in [0.2, 0.25) is 0 Å². The molecule has 0 aliphatic carbocycles. The van der Waals surface area contributed by atoms with Crippen molar-refractivity contribution in [2.24, 2.45) is 5.16 Å². The van der Waals surface area contributed by atoms with Gasteiger partial charge in [-0.25, -0.2) is 8.78 Å². The van der Waals surface area contributed by atoms with Gasteiger partial charge in [-0.1, -0.05) is 72.4 Å². The van der Waals surface area contributed by atoms with Crippen LogP contribution in [0.15, 0.2) is 84.5 Å². The van der Waals surface area contributed by atoms with Gasteiger partial charge in [0.25, 0.3) is 0 Å². The number of benzene rings is 3. The fourth-order valence-corrected chi connectivity index (χ4v) is 3.95. The summed E-state index contributed by atoms with van der Waals surface area (Å²) in [5.74, 6) is -0.566. The lowest BCUT2D eigenvalue weighted by molar-refractivity contribution is -0.00803. The SMILES string of the molecule is C=C(CCc1ccccc1C1(C)CC(c2ccccc2F)=NO1)c1ccccc1F. The summed E-state index contributed by atoms with van der Waals surface area (Å²) in [5.41, 5.74) is 3.76. The highest BCUT2D eigenvalue weighted by atomic mass is 19.1. The summed E-state index contributed by atoms with van der Waals surface area (Å²) in [5, 5.41) is 4.20. The molecule has 2 nitrogen and oxygen atoms in total. The smallest absolute Gasteiger partial charge is 0.165 e. The number of halogens is 2. The number of rotatable bonds is 6. The summed E-state index contributed by atoms with van der Waals surface area (Å²) < 4.78 is 28.3. The topological polar surface area (TPSA) is 21.6 Å². The Kier molecular flexibility index (Phi) is 5.49. The molecule has 0 amide bonds. The highest BCUT2D eigenvalue weighted by Gasteiger charge is 2.38. The molecule has 0 saturated heterocycles. The van der Waals surface area contributed by atoms with Crippen LogP contribution < -0.4 is 0 Å². The minimum Gasteiger partial charge on any atom is -0.384 e. The van der Waals surface area contributed by atoms with E-state index in [1.807, 2.05) is 37.3 Å². The van der Waals surface area contributed by atoms with Gasteiger partial charge < -0.3 is 4.84 Å². The maximum absolute atomic E-state index is 14.2. The zero-order valence-corrected chi connectivity index (χ0v) is 16.9. The van der Waals surface area contributed by atoms with Crippen molar-refractivity contribution in [1.29, 1.82) is 0 Å². The third kappa shape index (κ3) is 3.90. The fourth-order valence-electron chi connectivity index (χ4n) is 3.95. The summed E-state index contributed by atoms with van der Waals surface area (Å²) >= 11 is 0. The van der Waals surface area contributed by atoms with E-state index < -0.39 is 5.60 Å². The van der Waals surface area contributed by atoms with Crippen LogP contribution in [0.25, 0.3) is 5.57 Å². The average Bonchev–Trinajstić information content (AvgIpc) is 3.16. The highest BCUT2D eigenvalue weighted by molar-refractivity contribution is 6.01. The van der Waals surface area contributed by atoms with Gasteiger partial charge in [-0.15, -0.1) is 0 Å². The predicted molar refractivity (Wildman–Crippen MR) is 116 cm³/mol. The fraction of sp³-hybridized carbons (Fsp3) is 0.192. The van der Waals surface area contributed by atoms with Crippen LogP contribution in [0.2, 0.25) is 0 Å². The Morgan fingerprint density at radius 2 is 1.63 bits per heavy atom. The van der Waals surface area contributed by atoms with Crippen molar-refractivity contribution in [3.8, 4) is 0 Å². The molecule has 0 N–H and O–H groups in total. The quantitative estimate of drug-likeness (QED) is 0.451. The van der Waals surface area contributed by atoms with Crippen molar-refractivity contribution in [2.45, 2.75) is 31.8 Å². The van der Waals surface area contributed by atoms with Crippen LogP contribution in [0.3, 0.4) is 0 Å². The van der Waals surface area contributed by atoms with Crippen LogP contribution in [0, 0.1) is 11.6 Å². The average molecular weight is 403 g/mol. The Morgan fingerprint density at radius 3 is 2.40 bits per heavy atom. The van der Waals surface area contributed by atoms with Gasteiger partial charge in [0.15, 0.2) is 5.60 Å². The van der Waals surface area contributed by atoms with Crippen molar-refractivity contribution < 1.29 is 13.6 Å². The van der Waals surface area contributed by atoms with Crippen molar-refractivity contribution >= 4 is 11.3 Å². The van der Waals surface area contributed by atoms with Crippen LogP contribution in [0.1, 0.15) is 42.0 Å². The van der Waals surface area contributed by atoms with Gasteiger partial charge in [0.1, 0.15) is 11.6 Å². The molecule has 3 aromatic carbocycles. The number of hydrogen-bond donors (Lipinski definition) is 0. The molecule has 1 heterocycles. The number of oxime groups is 1. The van der Waals surface area contributed by atoms with Gasteiger partial charge in [0.05, 0.1) is 5.71 Å². The molecule has 152 valence electrons. The van der Waals surface area contributed by atoms with E-state index in [4.69, 9.17) is 4.84 Å². The van der Waals surface area contributed by atoms with E-state index in [-0.39, 0.29) is 11.6 Å². The molecule has 1 unspecified atom stereocenters. The Hall–Kier alpha value is -3.27. The second-order valence-electron chi connectivity index (χ2n) is 7.76. The molecule has 30 heavy (non-hydrogen) atoms. The molecular weight excluding hydrogens is 380 g/mol. The molecule has 0 radical (unpaired) electrons. The number of nitrogens with zero attached hydrogens (tertiary/aromatic N) is 1. The van der Waals surface area contributed by atoms with E-state index >= 15 is 0 Å². The maximum Gasteiger partial charge on any atom is 0.165 e. The van der Waals surface area contributed by atoms with Crippen LogP contribution in [-0.4, -0.2) is 5.71 Å². The highest BCUT2D eigenvalue weighted by Crippen LogP contribution is 2.38. The lowest BCUT2D eigenvalue weighted by Gasteiger charge is -2.25. The van der Waals surface area contributed by atoms with Crippen molar-refractivity contribution in [3.63, 3.8) is 0 Å². The predicted octanol–water partition coefficient (Wildman–Crippen LogP) is 6.65. The molecule has 0 spiro atoms. The third-order valence-electron chi connectivity index (χ3n) is 5.58. The van der Waals surface area contributed by atoms with E-state index in [1.165, 1.54) is 12.1 Å². The monoisotopic (exact) mass is 403 g/mol. The normalized spacial score (nSPS) is 18.0. The molecule has 4 rings (SSSR count). The minimum atomic E-state index is -0.687. The molecule has 3 aromatic rings. The molecule has 0 aromatic heterocycles. The lowest BCUT2D eigenvalue weighted by atomic mass is 9.84. The molecule has 1 aliphatic heterocycles. The number of allylic oxidation sites excluding steroid dienone is 1. The molecular formula is C26H23F2NO. The molecule has 0 saturated carbocycles. The van der Waals surface area contributed by atoms with Crippen LogP contribution in [-0.2, 0) is 16.9 Å². The van der Waals surface area contributed by atoms with Crippen molar-refractivity contribution in [3.05, 3.63) is 113 Å². The second-order valence-corrected chi connectivity index (χ2v) is 7.76. The van der Waals surface area contributed by atoms with Crippen LogP contribution >= 0.6 is 0 Å². The zero-order chi connectivity index (χ0) is 21.1. The van der Waals surface area contributed by atoms with E-state index in [2.05, 4.69) is 11.7 Å².